The van der Waals surface area contributed by atoms with Crippen LogP contribution in [0, 0.1) is 6.92 Å². The van der Waals surface area contributed by atoms with Crippen LogP contribution < -0.4 is 11.1 Å². The molecule has 1 aromatic heterocycles. The number of benzene rings is 1. The van der Waals surface area contributed by atoms with Crippen molar-refractivity contribution in [3.63, 3.8) is 0 Å². The van der Waals surface area contributed by atoms with E-state index in [-0.39, 0.29) is 5.91 Å². The van der Waals surface area contributed by atoms with E-state index in [1.165, 1.54) is 6.20 Å². The number of aromatic nitrogens is 2. The summed E-state index contributed by atoms with van der Waals surface area (Å²) in [6, 6.07) is 5.51. The molecular formula is C12H14N4O. The number of aryl methyl sites for hydroxylation is 2. The van der Waals surface area contributed by atoms with Crippen LogP contribution >= 0.6 is 0 Å². The van der Waals surface area contributed by atoms with Crippen molar-refractivity contribution in [2.75, 3.05) is 11.1 Å². The molecule has 0 aliphatic rings. The molecule has 0 aliphatic carbocycles. The highest BCUT2D eigenvalue weighted by Gasteiger charge is 2.11. The molecule has 2 rings (SSSR count). The van der Waals surface area contributed by atoms with Crippen LogP contribution in [0.2, 0.25) is 0 Å². The van der Waals surface area contributed by atoms with Gasteiger partial charge in [0.25, 0.3) is 5.91 Å². The van der Waals surface area contributed by atoms with Crippen molar-refractivity contribution in [2.45, 2.75) is 6.92 Å². The van der Waals surface area contributed by atoms with Crippen LogP contribution in [0.15, 0.2) is 30.6 Å². The third-order valence-electron chi connectivity index (χ3n) is 2.51. The summed E-state index contributed by atoms with van der Waals surface area (Å²) < 4.78 is 1.58. The van der Waals surface area contributed by atoms with E-state index in [9.17, 15) is 4.79 Å². The smallest absolute Gasteiger partial charge is 0.258 e. The fraction of sp³-hybridized carbons (Fsp3) is 0.167. The number of amides is 1. The molecule has 2 aromatic rings. The summed E-state index contributed by atoms with van der Waals surface area (Å²) in [4.78, 5) is 11.9. The molecule has 88 valence electrons. The lowest BCUT2D eigenvalue weighted by Gasteiger charge is -2.09. The number of rotatable bonds is 2. The van der Waals surface area contributed by atoms with E-state index in [2.05, 4.69) is 10.4 Å². The SMILES string of the molecule is Cc1cccc(N)c1NC(=O)c1cnn(C)c1. The van der Waals surface area contributed by atoms with Gasteiger partial charge in [-0.1, -0.05) is 12.1 Å². The minimum absolute atomic E-state index is 0.209. The first-order chi connectivity index (χ1) is 8.08. The Morgan fingerprint density at radius 3 is 2.82 bits per heavy atom. The van der Waals surface area contributed by atoms with E-state index >= 15 is 0 Å². The molecule has 0 saturated heterocycles. The normalized spacial score (nSPS) is 10.2. The second-order valence-corrected chi connectivity index (χ2v) is 3.90. The van der Waals surface area contributed by atoms with E-state index in [1.54, 1.807) is 24.0 Å². The molecule has 0 aliphatic heterocycles. The molecule has 0 bridgehead atoms. The lowest BCUT2D eigenvalue weighted by Crippen LogP contribution is -2.13. The Labute approximate surface area is 99.2 Å². The van der Waals surface area contributed by atoms with Gasteiger partial charge in [0.05, 0.1) is 23.1 Å². The predicted octanol–water partition coefficient (Wildman–Crippen LogP) is 1.56. The quantitative estimate of drug-likeness (QED) is 0.769. The molecule has 0 saturated carbocycles. The number of nitrogens with zero attached hydrogens (tertiary/aromatic N) is 2. The Morgan fingerprint density at radius 2 is 2.24 bits per heavy atom. The molecule has 0 unspecified atom stereocenters. The van der Waals surface area contributed by atoms with Gasteiger partial charge in [0.2, 0.25) is 0 Å². The van der Waals surface area contributed by atoms with Gasteiger partial charge in [-0.25, -0.2) is 0 Å². The van der Waals surface area contributed by atoms with Gasteiger partial charge in [0, 0.05) is 13.2 Å². The number of nitrogen functional groups attached to an aromatic ring is 1. The molecule has 1 aromatic carbocycles. The molecule has 17 heavy (non-hydrogen) atoms. The summed E-state index contributed by atoms with van der Waals surface area (Å²) in [7, 11) is 1.76. The van der Waals surface area contributed by atoms with Gasteiger partial charge >= 0.3 is 0 Å². The maximum Gasteiger partial charge on any atom is 0.258 e. The average Bonchev–Trinajstić information content (AvgIpc) is 2.70. The number of para-hydroxylation sites is 1. The highest BCUT2D eigenvalue weighted by molar-refractivity contribution is 6.05. The Balaban J connectivity index is 2.24. The van der Waals surface area contributed by atoms with E-state index in [1.807, 2.05) is 19.1 Å². The van der Waals surface area contributed by atoms with Crippen molar-refractivity contribution in [1.82, 2.24) is 9.78 Å². The summed E-state index contributed by atoms with van der Waals surface area (Å²) in [5.41, 5.74) is 8.47. The standard InChI is InChI=1S/C12H14N4O/c1-8-4-3-5-10(13)11(8)15-12(17)9-6-14-16(2)7-9/h3-7H,13H2,1-2H3,(H,15,17). The van der Waals surface area contributed by atoms with Gasteiger partial charge in [0.1, 0.15) is 0 Å². The number of hydrogen-bond acceptors (Lipinski definition) is 3. The van der Waals surface area contributed by atoms with Crippen LogP contribution in [0.25, 0.3) is 0 Å². The maximum atomic E-state index is 11.9. The minimum atomic E-state index is -0.209. The molecular weight excluding hydrogens is 216 g/mol. The monoisotopic (exact) mass is 230 g/mol. The molecule has 0 spiro atoms. The molecule has 5 heteroatoms. The Kier molecular flexibility index (Phi) is 2.82. The summed E-state index contributed by atoms with van der Waals surface area (Å²) in [5.74, 6) is -0.209. The van der Waals surface area contributed by atoms with Crippen LogP contribution in [0.5, 0.6) is 0 Å². The molecule has 3 N–H and O–H groups in total. The Hall–Kier alpha value is -2.30. The number of nitrogens with two attached hydrogens (primary N) is 1. The largest absolute Gasteiger partial charge is 0.397 e. The van der Waals surface area contributed by atoms with Crippen LogP contribution in [0.3, 0.4) is 0 Å². The summed E-state index contributed by atoms with van der Waals surface area (Å²) >= 11 is 0. The van der Waals surface area contributed by atoms with Gasteiger partial charge in [-0.15, -0.1) is 0 Å². The molecule has 0 atom stereocenters. The summed E-state index contributed by atoms with van der Waals surface area (Å²) in [6.45, 7) is 1.90. The molecule has 1 amide bonds. The zero-order valence-corrected chi connectivity index (χ0v) is 9.77. The minimum Gasteiger partial charge on any atom is -0.397 e. The fourth-order valence-corrected chi connectivity index (χ4v) is 1.59. The van der Waals surface area contributed by atoms with Crippen LogP contribution in [0.4, 0.5) is 11.4 Å². The number of carbonyl (C=O) groups is 1. The highest BCUT2D eigenvalue weighted by Crippen LogP contribution is 2.22. The van der Waals surface area contributed by atoms with E-state index in [0.717, 1.165) is 5.56 Å². The predicted molar refractivity (Wildman–Crippen MR) is 66.8 cm³/mol. The Bertz CT molecular complexity index is 539. The first-order valence-corrected chi connectivity index (χ1v) is 5.23. The van der Waals surface area contributed by atoms with Crippen molar-refractivity contribution < 1.29 is 4.79 Å². The summed E-state index contributed by atoms with van der Waals surface area (Å²) in [5, 5.41) is 6.74. The van der Waals surface area contributed by atoms with Crippen molar-refractivity contribution in [3.05, 3.63) is 41.7 Å². The van der Waals surface area contributed by atoms with Crippen LogP contribution in [-0.2, 0) is 7.05 Å². The number of nitrogens with one attached hydrogen (secondary N) is 1. The molecule has 5 nitrogen and oxygen atoms in total. The first-order valence-electron chi connectivity index (χ1n) is 5.23. The third-order valence-corrected chi connectivity index (χ3v) is 2.51. The fourth-order valence-electron chi connectivity index (χ4n) is 1.59. The number of anilines is 2. The zero-order chi connectivity index (χ0) is 12.4. The van der Waals surface area contributed by atoms with Gasteiger partial charge in [-0.3, -0.25) is 9.48 Å². The number of carbonyl (C=O) groups excluding carboxylic acids is 1. The molecule has 0 radical (unpaired) electrons. The van der Waals surface area contributed by atoms with Crippen molar-refractivity contribution in [2.24, 2.45) is 7.05 Å². The van der Waals surface area contributed by atoms with Crippen LogP contribution in [0.1, 0.15) is 15.9 Å². The molecule has 1 heterocycles. The van der Waals surface area contributed by atoms with Crippen molar-refractivity contribution >= 4 is 17.3 Å². The highest BCUT2D eigenvalue weighted by atomic mass is 16.1. The van der Waals surface area contributed by atoms with Gasteiger partial charge < -0.3 is 11.1 Å². The average molecular weight is 230 g/mol. The van der Waals surface area contributed by atoms with Crippen molar-refractivity contribution in [1.29, 1.82) is 0 Å². The second kappa shape index (κ2) is 4.29. The topological polar surface area (TPSA) is 72.9 Å². The van der Waals surface area contributed by atoms with E-state index < -0.39 is 0 Å². The lowest BCUT2D eigenvalue weighted by atomic mass is 10.1. The Morgan fingerprint density at radius 1 is 1.47 bits per heavy atom. The molecule has 0 fully saturated rings. The van der Waals surface area contributed by atoms with E-state index in [0.29, 0.717) is 16.9 Å². The van der Waals surface area contributed by atoms with Gasteiger partial charge in [-0.2, -0.15) is 5.10 Å². The van der Waals surface area contributed by atoms with Gasteiger partial charge in [0.15, 0.2) is 0 Å². The van der Waals surface area contributed by atoms with Gasteiger partial charge in [-0.05, 0) is 18.6 Å². The second-order valence-electron chi connectivity index (χ2n) is 3.90. The lowest BCUT2D eigenvalue weighted by molar-refractivity contribution is 0.102. The van der Waals surface area contributed by atoms with Crippen LogP contribution in [-0.4, -0.2) is 15.7 Å². The first kappa shape index (κ1) is 11.2. The zero-order valence-electron chi connectivity index (χ0n) is 9.77. The summed E-state index contributed by atoms with van der Waals surface area (Å²) in [6.07, 6.45) is 3.17. The van der Waals surface area contributed by atoms with E-state index in [4.69, 9.17) is 5.73 Å². The maximum absolute atomic E-state index is 11.9. The van der Waals surface area contributed by atoms with Crippen molar-refractivity contribution in [3.8, 4) is 0 Å². The third kappa shape index (κ3) is 2.28. The number of hydrogen-bond donors (Lipinski definition) is 2.